The third-order valence-electron chi connectivity index (χ3n) is 3.00. The van der Waals surface area contributed by atoms with Crippen molar-refractivity contribution >= 4 is 11.8 Å². The molecule has 3 N–H and O–H groups in total. The second-order valence-electron chi connectivity index (χ2n) is 4.53. The number of aliphatic hydroxyl groups is 1. The highest BCUT2D eigenvalue weighted by atomic mass is 16.3. The summed E-state index contributed by atoms with van der Waals surface area (Å²) in [6, 6.07) is -0.494. The van der Waals surface area contributed by atoms with Crippen LogP contribution >= 0.6 is 0 Å². The minimum atomic E-state index is -0.494. The number of likely N-dealkylation sites (tertiary alicyclic amines) is 1. The normalized spacial score (nSPS) is 24.6. The van der Waals surface area contributed by atoms with E-state index in [1.165, 1.54) is 0 Å². The Morgan fingerprint density at radius 1 is 1.69 bits per heavy atom. The second-order valence-corrected chi connectivity index (χ2v) is 4.53. The monoisotopic (exact) mass is 228 g/mol. The SMILES string of the molecule is CC[C@@H](C(N)=O)N1CC(CC(C)O)CC1=O. The summed E-state index contributed by atoms with van der Waals surface area (Å²) in [6.45, 7) is 4.08. The molecule has 92 valence electrons. The maximum atomic E-state index is 11.7. The molecule has 0 spiro atoms. The van der Waals surface area contributed by atoms with E-state index >= 15 is 0 Å². The van der Waals surface area contributed by atoms with E-state index in [4.69, 9.17) is 5.73 Å². The minimum absolute atomic E-state index is 0.0312. The maximum Gasteiger partial charge on any atom is 0.240 e. The summed E-state index contributed by atoms with van der Waals surface area (Å²) in [4.78, 5) is 24.4. The Morgan fingerprint density at radius 2 is 2.31 bits per heavy atom. The van der Waals surface area contributed by atoms with Gasteiger partial charge in [-0.3, -0.25) is 9.59 Å². The van der Waals surface area contributed by atoms with Crippen molar-refractivity contribution in [1.82, 2.24) is 4.90 Å². The van der Waals surface area contributed by atoms with Crippen LogP contribution < -0.4 is 5.73 Å². The number of primary amides is 1. The average Bonchev–Trinajstić information content (AvgIpc) is 2.46. The van der Waals surface area contributed by atoms with E-state index in [2.05, 4.69) is 0 Å². The van der Waals surface area contributed by atoms with Crippen LogP contribution in [0, 0.1) is 5.92 Å². The lowest BCUT2D eigenvalue weighted by Crippen LogP contribution is -2.45. The van der Waals surface area contributed by atoms with E-state index in [1.807, 2.05) is 6.92 Å². The van der Waals surface area contributed by atoms with Crippen molar-refractivity contribution in [1.29, 1.82) is 0 Å². The highest BCUT2D eigenvalue weighted by Crippen LogP contribution is 2.24. The zero-order chi connectivity index (χ0) is 12.3. The summed E-state index contributed by atoms with van der Waals surface area (Å²) in [7, 11) is 0. The number of hydrogen-bond acceptors (Lipinski definition) is 3. The number of nitrogens with two attached hydrogens (primary N) is 1. The molecule has 0 saturated carbocycles. The highest BCUT2D eigenvalue weighted by molar-refractivity contribution is 5.87. The smallest absolute Gasteiger partial charge is 0.240 e. The van der Waals surface area contributed by atoms with Crippen molar-refractivity contribution in [2.45, 2.75) is 45.3 Å². The number of carbonyl (C=O) groups excluding carboxylic acids is 2. The maximum absolute atomic E-state index is 11.7. The molecule has 2 unspecified atom stereocenters. The van der Waals surface area contributed by atoms with Crippen molar-refractivity contribution in [2.75, 3.05) is 6.54 Å². The Kier molecular flexibility index (Phi) is 4.29. The summed E-state index contributed by atoms with van der Waals surface area (Å²) >= 11 is 0. The summed E-state index contributed by atoms with van der Waals surface area (Å²) in [5.41, 5.74) is 5.25. The quantitative estimate of drug-likeness (QED) is 0.687. The van der Waals surface area contributed by atoms with Crippen LogP contribution in [0.4, 0.5) is 0 Å². The van der Waals surface area contributed by atoms with Crippen molar-refractivity contribution in [3.8, 4) is 0 Å². The summed E-state index contributed by atoms with van der Waals surface area (Å²) in [5, 5.41) is 9.27. The van der Waals surface area contributed by atoms with Gasteiger partial charge in [-0.05, 0) is 25.7 Å². The van der Waals surface area contributed by atoms with E-state index in [-0.39, 0.29) is 11.8 Å². The van der Waals surface area contributed by atoms with Crippen molar-refractivity contribution in [3.63, 3.8) is 0 Å². The summed E-state index contributed by atoms with van der Waals surface area (Å²) in [5.74, 6) is -0.342. The molecular formula is C11H20N2O3. The number of aliphatic hydroxyl groups excluding tert-OH is 1. The molecule has 16 heavy (non-hydrogen) atoms. The molecule has 0 aromatic heterocycles. The van der Waals surface area contributed by atoms with E-state index in [9.17, 15) is 14.7 Å². The first-order chi connectivity index (χ1) is 7.45. The van der Waals surface area contributed by atoms with Crippen LogP contribution in [0.25, 0.3) is 0 Å². The predicted octanol–water partition coefficient (Wildman–Crippen LogP) is -0.130. The number of nitrogens with zero attached hydrogens (tertiary/aromatic N) is 1. The molecule has 0 aromatic rings. The van der Waals surface area contributed by atoms with Gasteiger partial charge in [0.25, 0.3) is 0 Å². The number of amides is 2. The van der Waals surface area contributed by atoms with Crippen molar-refractivity contribution in [3.05, 3.63) is 0 Å². The predicted molar refractivity (Wildman–Crippen MR) is 59.4 cm³/mol. The minimum Gasteiger partial charge on any atom is -0.393 e. The van der Waals surface area contributed by atoms with Gasteiger partial charge in [0.2, 0.25) is 11.8 Å². The van der Waals surface area contributed by atoms with Crippen molar-refractivity contribution in [2.24, 2.45) is 11.7 Å². The molecule has 1 rings (SSSR count). The van der Waals surface area contributed by atoms with Gasteiger partial charge in [-0.1, -0.05) is 6.92 Å². The Bertz CT molecular complexity index is 278. The Labute approximate surface area is 95.6 Å². The number of rotatable bonds is 5. The van der Waals surface area contributed by atoms with Gasteiger partial charge in [-0.25, -0.2) is 0 Å². The molecule has 1 aliphatic rings. The zero-order valence-electron chi connectivity index (χ0n) is 9.85. The second kappa shape index (κ2) is 5.30. The molecule has 1 saturated heterocycles. The zero-order valence-corrected chi connectivity index (χ0v) is 9.85. The molecule has 1 aliphatic heterocycles. The molecule has 3 atom stereocenters. The van der Waals surface area contributed by atoms with Gasteiger partial charge in [0.15, 0.2) is 0 Å². The van der Waals surface area contributed by atoms with Gasteiger partial charge in [0.05, 0.1) is 6.10 Å². The molecule has 1 heterocycles. The van der Waals surface area contributed by atoms with Crippen LogP contribution in [-0.4, -0.2) is 40.5 Å². The van der Waals surface area contributed by atoms with Crippen LogP contribution in [0.3, 0.4) is 0 Å². The molecule has 0 bridgehead atoms. The van der Waals surface area contributed by atoms with E-state index in [0.717, 1.165) is 0 Å². The van der Waals surface area contributed by atoms with E-state index in [1.54, 1.807) is 11.8 Å². The molecule has 2 amide bonds. The molecule has 5 nitrogen and oxygen atoms in total. The van der Waals surface area contributed by atoms with Crippen molar-refractivity contribution < 1.29 is 14.7 Å². The number of hydrogen-bond donors (Lipinski definition) is 2. The van der Waals surface area contributed by atoms with Crippen LogP contribution in [0.5, 0.6) is 0 Å². The van der Waals surface area contributed by atoms with Gasteiger partial charge in [0, 0.05) is 13.0 Å². The van der Waals surface area contributed by atoms with Gasteiger partial charge in [0.1, 0.15) is 6.04 Å². The van der Waals surface area contributed by atoms with E-state index in [0.29, 0.717) is 25.8 Å². The topological polar surface area (TPSA) is 83.6 Å². The van der Waals surface area contributed by atoms with Crippen LogP contribution in [0.15, 0.2) is 0 Å². The van der Waals surface area contributed by atoms with Gasteiger partial charge in [-0.15, -0.1) is 0 Å². The fourth-order valence-corrected chi connectivity index (χ4v) is 2.33. The molecule has 0 aliphatic carbocycles. The van der Waals surface area contributed by atoms with E-state index < -0.39 is 18.1 Å². The summed E-state index contributed by atoms with van der Waals surface area (Å²) < 4.78 is 0. The Hall–Kier alpha value is -1.10. The molecule has 1 fully saturated rings. The standard InChI is InChI=1S/C11H20N2O3/c1-3-9(11(12)16)13-6-8(4-7(2)14)5-10(13)15/h7-9,14H,3-6H2,1-2H3,(H2,12,16)/t7?,8?,9-/m0/s1. The van der Waals surface area contributed by atoms with Crippen LogP contribution in [0.2, 0.25) is 0 Å². The lowest BCUT2D eigenvalue weighted by atomic mass is 10.0. The molecular weight excluding hydrogens is 208 g/mol. The summed E-state index contributed by atoms with van der Waals surface area (Å²) in [6.07, 6.45) is 1.14. The fraction of sp³-hybridized carbons (Fsp3) is 0.818. The first-order valence-electron chi connectivity index (χ1n) is 5.72. The Balaban J connectivity index is 2.63. The lowest BCUT2D eigenvalue weighted by Gasteiger charge is -2.24. The van der Waals surface area contributed by atoms with Gasteiger partial charge < -0.3 is 15.7 Å². The third kappa shape index (κ3) is 2.95. The molecule has 0 radical (unpaired) electrons. The first kappa shape index (κ1) is 13.0. The Morgan fingerprint density at radius 3 is 2.75 bits per heavy atom. The average molecular weight is 228 g/mol. The molecule has 5 heteroatoms. The largest absolute Gasteiger partial charge is 0.393 e. The first-order valence-corrected chi connectivity index (χ1v) is 5.72. The number of carbonyl (C=O) groups is 2. The third-order valence-corrected chi connectivity index (χ3v) is 3.00. The lowest BCUT2D eigenvalue weighted by molar-refractivity contribution is -0.136. The highest BCUT2D eigenvalue weighted by Gasteiger charge is 2.36. The molecule has 0 aromatic carbocycles. The van der Waals surface area contributed by atoms with Gasteiger partial charge in [-0.2, -0.15) is 0 Å². The van der Waals surface area contributed by atoms with Gasteiger partial charge >= 0.3 is 0 Å². The van der Waals surface area contributed by atoms with Crippen LogP contribution in [-0.2, 0) is 9.59 Å². The fourth-order valence-electron chi connectivity index (χ4n) is 2.33. The van der Waals surface area contributed by atoms with Crippen LogP contribution in [0.1, 0.15) is 33.1 Å².